The van der Waals surface area contributed by atoms with Crippen molar-refractivity contribution in [2.24, 2.45) is 0 Å². The number of hydrogen-bond donors (Lipinski definition) is 1. The second-order valence-electron chi connectivity index (χ2n) is 3.28. The van der Waals surface area contributed by atoms with Crippen molar-refractivity contribution in [1.82, 2.24) is 0 Å². The minimum atomic E-state index is -4.98. The number of carbonyl (C=O) groups excluding carboxylic acids is 1. The molecule has 1 aromatic rings. The van der Waals surface area contributed by atoms with E-state index in [-0.39, 0.29) is 57.1 Å². The maximum Gasteiger partial charge on any atom is 1.00 e. The summed E-state index contributed by atoms with van der Waals surface area (Å²) < 4.78 is 48.5. The standard InChI is InChI=1S/C9H9BF4NO.K/c11-7-3-1-2-4-8(7)15-9(16)5-6-10(12,13)14;/h1-4H,5-6H2,(H,15,16);/q-1;+1. The Labute approximate surface area is 139 Å². The van der Waals surface area contributed by atoms with Crippen molar-refractivity contribution in [3.05, 3.63) is 30.1 Å². The molecule has 0 saturated heterocycles. The molecule has 0 aliphatic rings. The van der Waals surface area contributed by atoms with Crippen LogP contribution in [-0.4, -0.2) is 12.9 Å². The molecule has 17 heavy (non-hydrogen) atoms. The van der Waals surface area contributed by atoms with Gasteiger partial charge in [0.25, 0.3) is 0 Å². The Morgan fingerprint density at radius 2 is 1.82 bits per heavy atom. The molecule has 0 bridgehead atoms. The van der Waals surface area contributed by atoms with Gasteiger partial charge in [0.05, 0.1) is 5.69 Å². The van der Waals surface area contributed by atoms with E-state index in [1.165, 1.54) is 18.2 Å². The van der Waals surface area contributed by atoms with Gasteiger partial charge in [-0.25, -0.2) is 4.39 Å². The van der Waals surface area contributed by atoms with Crippen LogP contribution in [0.3, 0.4) is 0 Å². The van der Waals surface area contributed by atoms with Crippen LogP contribution in [0.5, 0.6) is 0 Å². The third-order valence-corrected chi connectivity index (χ3v) is 1.85. The zero-order chi connectivity index (χ0) is 12.2. The molecule has 0 aliphatic heterocycles. The van der Waals surface area contributed by atoms with Gasteiger partial charge >= 0.3 is 58.4 Å². The Morgan fingerprint density at radius 3 is 2.35 bits per heavy atom. The molecule has 1 rings (SSSR count). The zero-order valence-corrected chi connectivity index (χ0v) is 12.3. The molecule has 0 aromatic heterocycles. The second kappa shape index (κ2) is 7.52. The fraction of sp³-hybridized carbons (Fsp3) is 0.222. The van der Waals surface area contributed by atoms with E-state index in [2.05, 4.69) is 5.32 Å². The number of rotatable bonds is 4. The zero-order valence-electron chi connectivity index (χ0n) is 9.22. The van der Waals surface area contributed by atoms with Crippen LogP contribution >= 0.6 is 0 Å². The summed E-state index contributed by atoms with van der Waals surface area (Å²) in [6.07, 6.45) is -1.84. The first-order chi connectivity index (χ1) is 7.38. The molecule has 2 nitrogen and oxygen atoms in total. The first-order valence-electron chi connectivity index (χ1n) is 4.64. The smallest absolute Gasteiger partial charge is 0.449 e. The Morgan fingerprint density at radius 1 is 1.24 bits per heavy atom. The van der Waals surface area contributed by atoms with Crippen molar-refractivity contribution in [2.75, 3.05) is 5.32 Å². The van der Waals surface area contributed by atoms with Crippen LogP contribution in [0.25, 0.3) is 0 Å². The fourth-order valence-corrected chi connectivity index (χ4v) is 1.07. The number of carbonyl (C=O) groups is 1. The van der Waals surface area contributed by atoms with E-state index in [4.69, 9.17) is 0 Å². The van der Waals surface area contributed by atoms with Crippen molar-refractivity contribution in [1.29, 1.82) is 0 Å². The largest absolute Gasteiger partial charge is 1.00 e. The van der Waals surface area contributed by atoms with Gasteiger partial charge in [-0.1, -0.05) is 18.5 Å². The average Bonchev–Trinajstić information content (AvgIpc) is 2.18. The van der Waals surface area contributed by atoms with E-state index in [0.717, 1.165) is 6.07 Å². The number of amides is 1. The van der Waals surface area contributed by atoms with Crippen molar-refractivity contribution >= 4 is 18.6 Å². The van der Waals surface area contributed by atoms with Crippen LogP contribution in [0.2, 0.25) is 6.32 Å². The van der Waals surface area contributed by atoms with Crippen molar-refractivity contribution in [3.63, 3.8) is 0 Å². The second-order valence-corrected chi connectivity index (χ2v) is 3.28. The summed E-state index contributed by atoms with van der Waals surface area (Å²) >= 11 is 0. The van der Waals surface area contributed by atoms with Crippen molar-refractivity contribution in [3.8, 4) is 0 Å². The summed E-state index contributed by atoms with van der Waals surface area (Å²) in [6, 6.07) is 5.30. The summed E-state index contributed by atoms with van der Waals surface area (Å²) in [4.78, 5) is 11.0. The van der Waals surface area contributed by atoms with E-state index >= 15 is 0 Å². The predicted molar refractivity (Wildman–Crippen MR) is 53.5 cm³/mol. The van der Waals surface area contributed by atoms with Gasteiger partial charge in [-0.3, -0.25) is 4.79 Å². The third-order valence-electron chi connectivity index (χ3n) is 1.85. The molecule has 0 atom stereocenters. The molecule has 0 aliphatic carbocycles. The average molecular weight is 273 g/mol. The number of benzene rings is 1. The summed E-state index contributed by atoms with van der Waals surface area (Å²) in [5, 5.41) is 2.08. The first kappa shape index (κ1) is 17.1. The molecule has 0 heterocycles. The molecule has 1 N–H and O–H groups in total. The van der Waals surface area contributed by atoms with Crippen LogP contribution in [-0.2, 0) is 4.79 Å². The quantitative estimate of drug-likeness (QED) is 0.607. The number of nitrogens with one attached hydrogen (secondary N) is 1. The molecular weight excluding hydrogens is 264 g/mol. The van der Waals surface area contributed by atoms with E-state index in [1.54, 1.807) is 0 Å². The van der Waals surface area contributed by atoms with E-state index in [0.29, 0.717) is 0 Å². The molecule has 1 aromatic carbocycles. The van der Waals surface area contributed by atoms with E-state index < -0.39 is 31.4 Å². The minimum Gasteiger partial charge on any atom is -0.449 e. The number of para-hydroxylation sites is 1. The Bertz CT molecular complexity index is 386. The molecular formula is C9H9BF4KNO. The van der Waals surface area contributed by atoms with Crippen molar-refractivity contribution < 1.29 is 73.5 Å². The molecule has 0 fully saturated rings. The van der Waals surface area contributed by atoms with Gasteiger partial charge in [0, 0.05) is 6.42 Å². The molecule has 1 amide bonds. The predicted octanol–water partition coefficient (Wildman–Crippen LogP) is 0.00570. The van der Waals surface area contributed by atoms with Gasteiger partial charge < -0.3 is 18.3 Å². The van der Waals surface area contributed by atoms with Gasteiger partial charge in [-0.15, -0.1) is 0 Å². The van der Waals surface area contributed by atoms with Crippen LogP contribution in [0.4, 0.5) is 23.0 Å². The van der Waals surface area contributed by atoms with Gasteiger partial charge in [0.1, 0.15) is 5.82 Å². The number of anilines is 1. The normalized spacial score (nSPS) is 10.6. The Kier molecular flexibility index (Phi) is 7.57. The molecule has 0 spiro atoms. The molecule has 0 radical (unpaired) electrons. The number of halogens is 4. The monoisotopic (exact) mass is 273 g/mol. The van der Waals surface area contributed by atoms with Crippen molar-refractivity contribution in [2.45, 2.75) is 12.7 Å². The topological polar surface area (TPSA) is 29.1 Å². The molecule has 0 unspecified atom stereocenters. The van der Waals surface area contributed by atoms with Gasteiger partial charge in [-0.2, -0.15) is 0 Å². The SMILES string of the molecule is O=C(CC[B-](F)(F)F)Nc1ccccc1F.[K+]. The van der Waals surface area contributed by atoms with E-state index in [9.17, 15) is 22.1 Å². The summed E-state index contributed by atoms with van der Waals surface area (Å²) in [6.45, 7) is -4.98. The van der Waals surface area contributed by atoms with Gasteiger partial charge in [0.15, 0.2) is 0 Å². The maximum absolute atomic E-state index is 13.0. The van der Waals surface area contributed by atoms with Gasteiger partial charge in [-0.05, 0) is 12.1 Å². The number of hydrogen-bond acceptors (Lipinski definition) is 1. The Balaban J connectivity index is 0.00000256. The minimum absolute atomic E-state index is 0. The van der Waals surface area contributed by atoms with Crippen LogP contribution in [0.1, 0.15) is 6.42 Å². The maximum atomic E-state index is 13.0. The first-order valence-corrected chi connectivity index (χ1v) is 4.64. The van der Waals surface area contributed by atoms with E-state index in [1.807, 2.05) is 0 Å². The van der Waals surface area contributed by atoms with Crippen LogP contribution in [0, 0.1) is 5.82 Å². The molecule has 88 valence electrons. The summed E-state index contributed by atoms with van der Waals surface area (Å²) in [5.41, 5.74) is -0.109. The summed E-state index contributed by atoms with van der Waals surface area (Å²) in [7, 11) is 0. The fourth-order valence-electron chi connectivity index (χ4n) is 1.07. The summed E-state index contributed by atoms with van der Waals surface area (Å²) in [5.74, 6) is -1.52. The molecule has 8 heteroatoms. The van der Waals surface area contributed by atoms with Crippen LogP contribution < -0.4 is 56.7 Å². The third kappa shape index (κ3) is 7.20. The molecule has 0 saturated carbocycles. The van der Waals surface area contributed by atoms with Gasteiger partial charge in [0.2, 0.25) is 5.91 Å². The van der Waals surface area contributed by atoms with Crippen LogP contribution in [0.15, 0.2) is 24.3 Å². The Hall–Kier alpha value is 0.111.